The molecule has 0 radical (unpaired) electrons. The summed E-state index contributed by atoms with van der Waals surface area (Å²) in [5.74, 6) is 0.373. The largest absolute Gasteiger partial charge is 0.481 e. The van der Waals surface area contributed by atoms with Crippen LogP contribution in [0.15, 0.2) is 6.07 Å². The minimum absolute atomic E-state index is 0.0183. The summed E-state index contributed by atoms with van der Waals surface area (Å²) in [6.07, 6.45) is 2.32. The van der Waals surface area contributed by atoms with E-state index in [1.54, 1.807) is 18.1 Å². The van der Waals surface area contributed by atoms with Crippen LogP contribution < -0.4 is 10.1 Å². The number of amides is 2. The SMILES string of the molecule is CCN1Cc2nc(OC)c(CNC(=O)C[C@H]3CCCO3)cc2C1=O. The zero-order valence-electron chi connectivity index (χ0n) is 14.1. The first-order valence-electron chi connectivity index (χ1n) is 8.36. The molecule has 3 heterocycles. The average molecular weight is 333 g/mol. The second-order valence-electron chi connectivity index (χ2n) is 6.09. The van der Waals surface area contributed by atoms with Gasteiger partial charge in [-0.2, -0.15) is 0 Å². The van der Waals surface area contributed by atoms with Crippen LogP contribution in [0.3, 0.4) is 0 Å². The Bertz CT molecular complexity index is 641. The number of hydrogen-bond acceptors (Lipinski definition) is 5. The van der Waals surface area contributed by atoms with Gasteiger partial charge in [-0.05, 0) is 25.8 Å². The molecule has 2 aliphatic heterocycles. The number of rotatable bonds is 6. The van der Waals surface area contributed by atoms with Crippen LogP contribution in [-0.2, 0) is 22.6 Å². The molecule has 0 aliphatic carbocycles. The fourth-order valence-corrected chi connectivity index (χ4v) is 3.14. The number of carbonyl (C=O) groups excluding carboxylic acids is 2. The van der Waals surface area contributed by atoms with Crippen molar-refractivity contribution < 1.29 is 19.1 Å². The molecule has 7 heteroatoms. The Morgan fingerprint density at radius 3 is 3.04 bits per heavy atom. The molecule has 0 unspecified atom stereocenters. The van der Waals surface area contributed by atoms with E-state index < -0.39 is 0 Å². The molecule has 1 atom stereocenters. The zero-order valence-corrected chi connectivity index (χ0v) is 14.1. The van der Waals surface area contributed by atoms with Gasteiger partial charge < -0.3 is 19.7 Å². The van der Waals surface area contributed by atoms with Gasteiger partial charge in [0.15, 0.2) is 0 Å². The predicted octanol–water partition coefficient (Wildman–Crippen LogP) is 1.25. The van der Waals surface area contributed by atoms with Crippen LogP contribution in [-0.4, -0.2) is 48.1 Å². The minimum Gasteiger partial charge on any atom is -0.481 e. The van der Waals surface area contributed by atoms with Crippen molar-refractivity contribution in [2.24, 2.45) is 0 Å². The van der Waals surface area contributed by atoms with E-state index in [-0.39, 0.29) is 24.5 Å². The van der Waals surface area contributed by atoms with Gasteiger partial charge in [-0.3, -0.25) is 9.59 Å². The molecular weight excluding hydrogens is 310 g/mol. The van der Waals surface area contributed by atoms with Gasteiger partial charge in [-0.15, -0.1) is 0 Å². The van der Waals surface area contributed by atoms with Gasteiger partial charge in [-0.1, -0.05) is 0 Å². The van der Waals surface area contributed by atoms with Crippen LogP contribution in [0.2, 0.25) is 0 Å². The molecule has 7 nitrogen and oxygen atoms in total. The van der Waals surface area contributed by atoms with Crippen LogP contribution in [0.25, 0.3) is 0 Å². The lowest BCUT2D eigenvalue weighted by atomic mass is 10.1. The van der Waals surface area contributed by atoms with Crippen LogP contribution in [0, 0.1) is 0 Å². The fourth-order valence-electron chi connectivity index (χ4n) is 3.14. The first-order valence-corrected chi connectivity index (χ1v) is 8.36. The van der Waals surface area contributed by atoms with Crippen molar-refractivity contribution in [1.82, 2.24) is 15.2 Å². The van der Waals surface area contributed by atoms with Crippen molar-refractivity contribution in [2.45, 2.75) is 45.4 Å². The highest BCUT2D eigenvalue weighted by Crippen LogP contribution is 2.27. The van der Waals surface area contributed by atoms with Crippen molar-refractivity contribution in [3.05, 3.63) is 22.9 Å². The summed E-state index contributed by atoms with van der Waals surface area (Å²) in [4.78, 5) is 30.5. The van der Waals surface area contributed by atoms with Gasteiger partial charge in [0.25, 0.3) is 5.91 Å². The van der Waals surface area contributed by atoms with Gasteiger partial charge in [0.1, 0.15) is 0 Å². The van der Waals surface area contributed by atoms with Crippen LogP contribution in [0.1, 0.15) is 47.8 Å². The molecule has 1 saturated heterocycles. The molecule has 2 amide bonds. The van der Waals surface area contributed by atoms with E-state index in [2.05, 4.69) is 10.3 Å². The summed E-state index contributed by atoms with van der Waals surface area (Å²) in [5.41, 5.74) is 2.04. The molecule has 1 aromatic rings. The normalized spacial score (nSPS) is 19.5. The van der Waals surface area contributed by atoms with Crippen molar-refractivity contribution in [2.75, 3.05) is 20.3 Å². The number of fused-ring (bicyclic) bond motifs is 1. The Kier molecular flexibility index (Phi) is 4.99. The molecule has 130 valence electrons. The number of carbonyl (C=O) groups is 2. The molecule has 0 spiro atoms. The predicted molar refractivity (Wildman–Crippen MR) is 86.6 cm³/mol. The van der Waals surface area contributed by atoms with E-state index >= 15 is 0 Å². The van der Waals surface area contributed by atoms with Crippen molar-refractivity contribution in [3.63, 3.8) is 0 Å². The molecule has 1 fully saturated rings. The van der Waals surface area contributed by atoms with E-state index in [9.17, 15) is 9.59 Å². The Balaban J connectivity index is 1.68. The molecular formula is C17H23N3O4. The Morgan fingerprint density at radius 1 is 1.54 bits per heavy atom. The standard InChI is InChI=1S/C17H23N3O4/c1-3-20-10-14-13(17(20)22)7-11(16(19-14)23-2)9-18-15(21)8-12-5-4-6-24-12/h7,12H,3-6,8-10H2,1-2H3,(H,18,21)/t12-/m1/s1. The first-order chi connectivity index (χ1) is 11.6. The summed E-state index contributed by atoms with van der Waals surface area (Å²) in [6, 6.07) is 1.78. The smallest absolute Gasteiger partial charge is 0.256 e. The maximum atomic E-state index is 12.3. The van der Waals surface area contributed by atoms with Gasteiger partial charge in [0.05, 0.1) is 37.4 Å². The Labute approximate surface area is 141 Å². The maximum absolute atomic E-state index is 12.3. The molecule has 1 N–H and O–H groups in total. The molecule has 0 saturated carbocycles. The van der Waals surface area contributed by atoms with Gasteiger partial charge in [0, 0.05) is 25.3 Å². The third kappa shape index (κ3) is 3.36. The maximum Gasteiger partial charge on any atom is 0.256 e. The van der Waals surface area contributed by atoms with E-state index in [0.29, 0.717) is 36.5 Å². The molecule has 3 rings (SSSR count). The summed E-state index contributed by atoms with van der Waals surface area (Å²) in [7, 11) is 1.54. The number of pyridine rings is 1. The fraction of sp³-hybridized carbons (Fsp3) is 0.588. The van der Waals surface area contributed by atoms with Crippen LogP contribution in [0.5, 0.6) is 5.88 Å². The quantitative estimate of drug-likeness (QED) is 0.847. The van der Waals surface area contributed by atoms with E-state index in [1.165, 1.54) is 0 Å². The van der Waals surface area contributed by atoms with E-state index in [1.807, 2.05) is 6.92 Å². The lowest BCUT2D eigenvalue weighted by Crippen LogP contribution is -2.27. The van der Waals surface area contributed by atoms with Gasteiger partial charge in [0.2, 0.25) is 11.8 Å². The topological polar surface area (TPSA) is 80.8 Å². The molecule has 24 heavy (non-hydrogen) atoms. The number of nitrogens with zero attached hydrogens (tertiary/aromatic N) is 2. The van der Waals surface area contributed by atoms with Crippen LogP contribution in [0.4, 0.5) is 0 Å². The summed E-state index contributed by atoms with van der Waals surface area (Å²) in [5, 5.41) is 2.87. The van der Waals surface area contributed by atoms with Crippen molar-refractivity contribution in [1.29, 1.82) is 0 Å². The minimum atomic E-state index is -0.0639. The van der Waals surface area contributed by atoms with E-state index in [4.69, 9.17) is 9.47 Å². The Hall–Kier alpha value is -2.15. The Morgan fingerprint density at radius 2 is 2.38 bits per heavy atom. The lowest BCUT2D eigenvalue weighted by molar-refractivity contribution is -0.123. The highest BCUT2D eigenvalue weighted by molar-refractivity contribution is 5.98. The molecule has 1 aromatic heterocycles. The number of ether oxygens (including phenoxy) is 2. The zero-order chi connectivity index (χ0) is 17.1. The number of nitrogens with one attached hydrogen (secondary N) is 1. The second kappa shape index (κ2) is 7.17. The van der Waals surface area contributed by atoms with E-state index in [0.717, 1.165) is 25.1 Å². The molecule has 0 aromatic carbocycles. The average Bonchev–Trinajstić information content (AvgIpc) is 3.20. The molecule has 2 aliphatic rings. The summed E-state index contributed by atoms with van der Waals surface area (Å²) >= 11 is 0. The van der Waals surface area contributed by atoms with Crippen molar-refractivity contribution >= 4 is 11.8 Å². The highest BCUT2D eigenvalue weighted by Gasteiger charge is 2.29. The lowest BCUT2D eigenvalue weighted by Gasteiger charge is -2.12. The third-order valence-corrected chi connectivity index (χ3v) is 4.49. The molecule has 0 bridgehead atoms. The summed E-state index contributed by atoms with van der Waals surface area (Å²) in [6.45, 7) is 4.11. The first kappa shape index (κ1) is 16.7. The van der Waals surface area contributed by atoms with Crippen molar-refractivity contribution in [3.8, 4) is 5.88 Å². The highest BCUT2D eigenvalue weighted by atomic mass is 16.5. The number of aromatic nitrogens is 1. The van der Waals surface area contributed by atoms with Crippen LogP contribution >= 0.6 is 0 Å². The van der Waals surface area contributed by atoms with Gasteiger partial charge >= 0.3 is 0 Å². The third-order valence-electron chi connectivity index (χ3n) is 4.49. The monoisotopic (exact) mass is 333 g/mol. The number of methoxy groups -OCH3 is 1. The van der Waals surface area contributed by atoms with Gasteiger partial charge in [-0.25, -0.2) is 4.98 Å². The second-order valence-corrected chi connectivity index (χ2v) is 6.09. The number of hydrogen-bond donors (Lipinski definition) is 1. The summed E-state index contributed by atoms with van der Waals surface area (Å²) < 4.78 is 10.8.